The standard InChI is InChI=1S/C26H24N2O3.ClHO4/c1-30-22-10-7-19(8-11-22)26-18-24(23-17-21(29)9-12-25(23)31-26)28-15-13-27(14-16-28)20-5-3-2-4-6-20;2-1(3,4)5/h2-12,17-18H,13-16H2,1H3;(H,2,3,4,5). The third kappa shape index (κ3) is 6.54. The van der Waals surface area contributed by atoms with E-state index in [0.29, 0.717) is 0 Å². The number of phenolic OH excluding ortho intramolecular Hbond substituents is 1. The van der Waals surface area contributed by atoms with Gasteiger partial charge in [-0.25, -0.2) is 23.2 Å². The smallest absolute Gasteiger partial charge is 0.215 e. The summed E-state index contributed by atoms with van der Waals surface area (Å²) in [7, 11) is -3.28. The molecule has 10 heteroatoms. The van der Waals surface area contributed by atoms with Crippen LogP contribution in [0.5, 0.6) is 11.5 Å². The molecule has 0 atom stereocenters. The van der Waals surface area contributed by atoms with Crippen molar-refractivity contribution in [2.75, 3.05) is 38.2 Å². The maximum Gasteiger partial charge on any atom is 0.215 e. The third-order valence-electron chi connectivity index (χ3n) is 5.84. The van der Waals surface area contributed by atoms with Gasteiger partial charge in [0.15, 0.2) is 13.1 Å². The summed E-state index contributed by atoms with van der Waals surface area (Å²) in [6.45, 7) is 3.67. The number of hydrogen-bond acceptors (Lipinski definition) is 8. The number of methoxy groups -OCH3 is 1. The molecule has 36 heavy (non-hydrogen) atoms. The Hall–Kier alpha value is -3.60. The second-order valence-electron chi connectivity index (χ2n) is 8.09. The molecule has 0 radical (unpaired) electrons. The number of fused-ring (bicyclic) bond motifs is 1. The zero-order chi connectivity index (χ0) is 25.7. The molecule has 0 spiro atoms. The summed E-state index contributed by atoms with van der Waals surface area (Å²) in [6.07, 6.45) is 0. The minimum absolute atomic E-state index is 0.240. The zero-order valence-corrected chi connectivity index (χ0v) is 20.3. The minimum atomic E-state index is -4.94. The Labute approximate surface area is 209 Å². The number of ether oxygens (including phenoxy) is 1. The van der Waals surface area contributed by atoms with Gasteiger partial charge in [0.2, 0.25) is 5.36 Å². The van der Waals surface area contributed by atoms with Crippen molar-refractivity contribution in [1.29, 1.82) is 0 Å². The van der Waals surface area contributed by atoms with Crippen molar-refractivity contribution in [3.05, 3.63) is 84.2 Å². The summed E-state index contributed by atoms with van der Waals surface area (Å²) in [5.74, 6) is 1.84. The van der Waals surface area contributed by atoms with E-state index in [1.54, 1.807) is 19.2 Å². The van der Waals surface area contributed by atoms with Gasteiger partial charge in [0, 0.05) is 11.3 Å². The maximum atomic E-state index is 10.1. The van der Waals surface area contributed by atoms with Gasteiger partial charge < -0.3 is 19.2 Å². The van der Waals surface area contributed by atoms with Crippen molar-refractivity contribution in [3.63, 3.8) is 0 Å². The topological polar surface area (TPSA) is 141 Å². The van der Waals surface area contributed by atoms with E-state index in [9.17, 15) is 5.11 Å². The number of phenols is 1. The van der Waals surface area contributed by atoms with E-state index in [2.05, 4.69) is 39.8 Å². The van der Waals surface area contributed by atoms with Gasteiger partial charge in [-0.3, -0.25) is 0 Å². The Morgan fingerprint density at radius 2 is 1.53 bits per heavy atom. The quantitative estimate of drug-likeness (QED) is 0.357. The lowest BCUT2D eigenvalue weighted by Crippen LogP contribution is -2.68. The molecule has 5 rings (SSSR count). The molecule has 1 aromatic heterocycles. The number of para-hydroxylation sites is 1. The Morgan fingerprint density at radius 1 is 0.889 bits per heavy atom. The van der Waals surface area contributed by atoms with Crippen molar-refractivity contribution in [3.8, 4) is 22.8 Å². The molecule has 188 valence electrons. The van der Waals surface area contributed by atoms with Crippen LogP contribution in [0, 0.1) is 10.2 Å². The summed E-state index contributed by atoms with van der Waals surface area (Å²) in [6, 6.07) is 25.8. The highest BCUT2D eigenvalue weighted by Gasteiger charge is 2.21. The van der Waals surface area contributed by atoms with Crippen LogP contribution in [0.2, 0.25) is 0 Å². The van der Waals surface area contributed by atoms with Gasteiger partial charge in [0.05, 0.1) is 31.7 Å². The fourth-order valence-corrected chi connectivity index (χ4v) is 4.16. The molecule has 9 nitrogen and oxygen atoms in total. The van der Waals surface area contributed by atoms with Crippen LogP contribution in [-0.4, -0.2) is 38.4 Å². The van der Waals surface area contributed by atoms with Crippen LogP contribution in [0.15, 0.2) is 83.3 Å². The molecule has 1 aliphatic heterocycles. The minimum Gasteiger partial charge on any atom is -0.508 e. The zero-order valence-electron chi connectivity index (χ0n) is 19.5. The van der Waals surface area contributed by atoms with Crippen LogP contribution in [-0.2, 0) is 0 Å². The summed E-state index contributed by atoms with van der Waals surface area (Å²) >= 11 is 0. The van der Waals surface area contributed by atoms with E-state index >= 15 is 0 Å². The van der Waals surface area contributed by atoms with Crippen LogP contribution >= 0.6 is 0 Å². The molecule has 1 fully saturated rings. The van der Waals surface area contributed by atoms with Gasteiger partial charge in [-0.05, 0) is 54.6 Å². The van der Waals surface area contributed by atoms with Gasteiger partial charge in [-0.2, -0.15) is 0 Å². The van der Waals surface area contributed by atoms with Gasteiger partial charge in [-0.1, -0.05) is 18.2 Å². The lowest BCUT2D eigenvalue weighted by Gasteiger charge is -2.27. The van der Waals surface area contributed by atoms with Crippen LogP contribution in [0.3, 0.4) is 0 Å². The van der Waals surface area contributed by atoms with Crippen LogP contribution in [0.4, 0.5) is 5.69 Å². The first kappa shape index (κ1) is 25.5. The second-order valence-corrected chi connectivity index (χ2v) is 8.85. The number of nitrogens with zero attached hydrogens (tertiary/aromatic N) is 2. The van der Waals surface area contributed by atoms with Crippen molar-refractivity contribution >= 4 is 16.7 Å². The lowest BCUT2D eigenvalue weighted by molar-refractivity contribution is -2.00. The van der Waals surface area contributed by atoms with Crippen LogP contribution in [0.25, 0.3) is 22.3 Å². The van der Waals surface area contributed by atoms with Gasteiger partial charge in [0.25, 0.3) is 0 Å². The molecule has 1 aliphatic rings. The van der Waals surface area contributed by atoms with Gasteiger partial charge >= 0.3 is 0 Å². The summed E-state index contributed by atoms with van der Waals surface area (Å²) in [4.78, 5) is 2.41. The molecular weight excluding hydrogens is 488 g/mol. The number of aromatic hydroxyl groups is 1. The molecular formula is C26H25ClN2O7. The summed E-state index contributed by atoms with van der Waals surface area (Å²) in [5, 5.41) is 12.1. The van der Waals surface area contributed by atoms with Crippen molar-refractivity contribution < 1.29 is 43.1 Å². The number of piperazine rings is 1. The molecule has 0 unspecified atom stereocenters. The monoisotopic (exact) mass is 512 g/mol. The molecule has 0 saturated carbocycles. The first-order chi connectivity index (χ1) is 17.2. The Kier molecular flexibility index (Phi) is 7.78. The molecule has 0 amide bonds. The second kappa shape index (κ2) is 11.0. The average molecular weight is 513 g/mol. The number of rotatable bonds is 3. The largest absolute Gasteiger partial charge is 0.508 e. The van der Waals surface area contributed by atoms with Crippen LogP contribution in [0.1, 0.15) is 0 Å². The first-order valence-corrected chi connectivity index (χ1v) is 12.4. The Bertz CT molecular complexity index is 1370. The first-order valence-electron chi connectivity index (χ1n) is 11.1. The number of hydrogen-bond donors (Lipinski definition) is 1. The van der Waals surface area contributed by atoms with E-state index < -0.39 is 10.2 Å². The third-order valence-corrected chi connectivity index (χ3v) is 5.84. The highest BCUT2D eigenvalue weighted by molar-refractivity contribution is 5.80. The highest BCUT2D eigenvalue weighted by Crippen LogP contribution is 2.26. The van der Waals surface area contributed by atoms with Gasteiger partial charge in [-0.15, -0.1) is 10.2 Å². The molecule has 3 aromatic carbocycles. The SMILES string of the molecule is COc1ccc(-c2cc(=[N+]3CCN(c4ccccc4)CC3)c3cc(O)ccc3o2)cc1.[O-][Cl+3]([O-])([O-])[O-]. The predicted octanol–water partition coefficient (Wildman–Crippen LogP) is -0.650. The molecule has 1 saturated heterocycles. The van der Waals surface area contributed by atoms with E-state index in [1.807, 2.05) is 36.4 Å². The van der Waals surface area contributed by atoms with Gasteiger partial charge in [0.1, 0.15) is 22.8 Å². The maximum absolute atomic E-state index is 10.1. The van der Waals surface area contributed by atoms with E-state index in [-0.39, 0.29) is 5.75 Å². The molecule has 2 heterocycles. The van der Waals surface area contributed by atoms with Crippen LogP contribution < -0.4 is 38.2 Å². The number of benzene rings is 3. The fraction of sp³-hybridized carbons (Fsp3) is 0.192. The van der Waals surface area contributed by atoms with Crippen molar-refractivity contribution in [2.45, 2.75) is 0 Å². The van der Waals surface area contributed by atoms with Crippen molar-refractivity contribution in [2.24, 2.45) is 0 Å². The average Bonchev–Trinajstić information content (AvgIpc) is 2.88. The summed E-state index contributed by atoms with van der Waals surface area (Å²) < 4.78 is 47.8. The molecule has 1 N–H and O–H groups in total. The molecule has 4 aromatic rings. The fourth-order valence-electron chi connectivity index (χ4n) is 4.16. The normalized spacial score (nSPS) is 13.8. The number of halogens is 1. The lowest BCUT2D eigenvalue weighted by atomic mass is 10.1. The highest BCUT2D eigenvalue weighted by atomic mass is 35.7. The Morgan fingerprint density at radius 3 is 2.14 bits per heavy atom. The molecule has 0 aliphatic carbocycles. The Balaban J connectivity index is 0.000000556. The predicted molar refractivity (Wildman–Crippen MR) is 124 cm³/mol. The van der Waals surface area contributed by atoms with E-state index in [1.165, 1.54) is 5.69 Å². The molecule has 0 bridgehead atoms. The van der Waals surface area contributed by atoms with E-state index in [4.69, 9.17) is 27.8 Å². The number of anilines is 1. The summed E-state index contributed by atoms with van der Waals surface area (Å²) in [5.41, 5.74) is 3.00. The van der Waals surface area contributed by atoms with Crippen molar-refractivity contribution in [1.82, 2.24) is 4.58 Å². The van der Waals surface area contributed by atoms with E-state index in [0.717, 1.165) is 59.6 Å².